The molecule has 23 heavy (non-hydrogen) atoms. The molecule has 0 radical (unpaired) electrons. The van der Waals surface area contributed by atoms with Crippen molar-refractivity contribution >= 4 is 56.9 Å². The van der Waals surface area contributed by atoms with Crippen LogP contribution in [-0.4, -0.2) is 10.5 Å². The van der Waals surface area contributed by atoms with Gasteiger partial charge in [-0.2, -0.15) is 0 Å². The van der Waals surface area contributed by atoms with E-state index in [-0.39, 0.29) is 5.56 Å². The number of fused-ring (bicyclic) bond motifs is 1. The number of alkyl halides is 1. The number of nitrogens with zero attached hydrogens (tertiary/aromatic N) is 1. The Kier molecular flexibility index (Phi) is 5.21. The molecular weight excluding hydrogens is 349 g/mol. The predicted octanol–water partition coefficient (Wildman–Crippen LogP) is 6.47. The van der Waals surface area contributed by atoms with Gasteiger partial charge in [0, 0.05) is 5.02 Å². The van der Waals surface area contributed by atoms with Gasteiger partial charge in [0.05, 0.1) is 10.2 Å². The summed E-state index contributed by atoms with van der Waals surface area (Å²) in [7, 11) is 0. The van der Waals surface area contributed by atoms with Crippen molar-refractivity contribution in [3.63, 3.8) is 0 Å². The molecule has 1 heterocycles. The second-order valence-corrected chi connectivity index (χ2v) is 6.99. The Morgan fingerprint density at radius 1 is 1.17 bits per heavy atom. The Balaban J connectivity index is 1.73. The summed E-state index contributed by atoms with van der Waals surface area (Å²) >= 11 is 13.6. The van der Waals surface area contributed by atoms with Crippen LogP contribution in [0.5, 0.6) is 5.75 Å². The summed E-state index contributed by atoms with van der Waals surface area (Å²) in [5.74, 6) is 0.777. The fourth-order valence-corrected chi connectivity index (χ4v) is 3.17. The molecule has 1 atom stereocenters. The maximum atomic E-state index is 5.99. The fourth-order valence-electron chi connectivity index (χ4n) is 2.05. The number of halogens is 2. The van der Waals surface area contributed by atoms with Crippen LogP contribution in [0.25, 0.3) is 22.4 Å². The lowest BCUT2D eigenvalue weighted by atomic mass is 10.2. The third kappa shape index (κ3) is 4.25. The SMILES string of the molecule is CCC(Cl)Oc1ccc(/C=C/c2nc3cc(Cl)ccc3s2)cc1. The predicted molar refractivity (Wildman–Crippen MR) is 101 cm³/mol. The minimum atomic E-state index is -0.286. The van der Waals surface area contributed by atoms with E-state index in [1.54, 1.807) is 11.3 Å². The second-order valence-electron chi connectivity index (χ2n) is 5.00. The summed E-state index contributed by atoms with van der Waals surface area (Å²) in [4.78, 5) is 4.56. The molecule has 0 N–H and O–H groups in total. The van der Waals surface area contributed by atoms with Gasteiger partial charge < -0.3 is 4.74 Å². The Morgan fingerprint density at radius 3 is 2.70 bits per heavy atom. The molecule has 1 aromatic heterocycles. The van der Waals surface area contributed by atoms with Gasteiger partial charge in [-0.15, -0.1) is 11.3 Å². The summed E-state index contributed by atoms with van der Waals surface area (Å²) in [6, 6.07) is 13.6. The van der Waals surface area contributed by atoms with Gasteiger partial charge in [-0.05, 0) is 48.4 Å². The average Bonchev–Trinajstić information content (AvgIpc) is 2.96. The number of thiazole rings is 1. The van der Waals surface area contributed by atoms with Gasteiger partial charge in [-0.25, -0.2) is 4.98 Å². The van der Waals surface area contributed by atoms with Crippen molar-refractivity contribution in [2.45, 2.75) is 18.9 Å². The quantitative estimate of drug-likeness (QED) is 0.484. The summed E-state index contributed by atoms with van der Waals surface area (Å²) in [6.45, 7) is 1.99. The maximum Gasteiger partial charge on any atom is 0.171 e. The summed E-state index contributed by atoms with van der Waals surface area (Å²) in [6.07, 6.45) is 4.80. The third-order valence-electron chi connectivity index (χ3n) is 3.25. The lowest BCUT2D eigenvalue weighted by Gasteiger charge is -2.10. The Bertz CT molecular complexity index is 827. The molecule has 118 valence electrons. The van der Waals surface area contributed by atoms with Gasteiger partial charge in [0.1, 0.15) is 10.8 Å². The zero-order valence-corrected chi connectivity index (χ0v) is 14.8. The Hall–Kier alpha value is -1.55. The molecule has 2 nitrogen and oxygen atoms in total. The summed E-state index contributed by atoms with van der Waals surface area (Å²) in [5, 5.41) is 1.66. The first-order valence-electron chi connectivity index (χ1n) is 7.29. The zero-order chi connectivity index (χ0) is 16.2. The number of hydrogen-bond donors (Lipinski definition) is 0. The number of rotatable bonds is 5. The Labute approximate surface area is 149 Å². The minimum absolute atomic E-state index is 0.286. The third-order valence-corrected chi connectivity index (χ3v) is 4.88. The number of hydrogen-bond acceptors (Lipinski definition) is 3. The van der Waals surface area contributed by atoms with Crippen LogP contribution in [0.1, 0.15) is 23.9 Å². The van der Waals surface area contributed by atoms with Crippen molar-refractivity contribution in [2.75, 3.05) is 0 Å². The molecule has 0 saturated carbocycles. The molecule has 0 saturated heterocycles. The van der Waals surface area contributed by atoms with Crippen molar-refractivity contribution in [1.29, 1.82) is 0 Å². The fraction of sp³-hybridized carbons (Fsp3) is 0.167. The molecule has 0 amide bonds. The average molecular weight is 364 g/mol. The van der Waals surface area contributed by atoms with Gasteiger partial charge in [-0.1, -0.05) is 48.3 Å². The van der Waals surface area contributed by atoms with Crippen LogP contribution in [0, 0.1) is 0 Å². The number of ether oxygens (including phenoxy) is 1. The largest absolute Gasteiger partial charge is 0.475 e. The highest BCUT2D eigenvalue weighted by Crippen LogP contribution is 2.26. The molecule has 0 spiro atoms. The summed E-state index contributed by atoms with van der Waals surface area (Å²) < 4.78 is 6.68. The Morgan fingerprint density at radius 2 is 1.96 bits per heavy atom. The number of aromatic nitrogens is 1. The van der Waals surface area contributed by atoms with Crippen LogP contribution < -0.4 is 4.74 Å². The van der Waals surface area contributed by atoms with Crippen LogP contribution in [-0.2, 0) is 0 Å². The smallest absolute Gasteiger partial charge is 0.171 e. The van der Waals surface area contributed by atoms with Crippen molar-refractivity contribution in [3.05, 3.63) is 58.1 Å². The van der Waals surface area contributed by atoms with E-state index in [4.69, 9.17) is 27.9 Å². The molecule has 0 aliphatic heterocycles. The summed E-state index contributed by atoms with van der Waals surface area (Å²) in [5.41, 5.74) is 1.72. The van der Waals surface area contributed by atoms with E-state index in [2.05, 4.69) is 4.98 Å². The van der Waals surface area contributed by atoms with Gasteiger partial charge in [0.25, 0.3) is 0 Å². The van der Waals surface area contributed by atoms with Crippen molar-refractivity contribution in [2.24, 2.45) is 0 Å². The molecule has 2 aromatic carbocycles. The molecule has 0 fully saturated rings. The molecule has 0 bridgehead atoms. The first-order valence-corrected chi connectivity index (χ1v) is 8.92. The van der Waals surface area contributed by atoms with Crippen LogP contribution in [0.3, 0.4) is 0 Å². The lowest BCUT2D eigenvalue weighted by Crippen LogP contribution is -2.06. The molecule has 5 heteroatoms. The van der Waals surface area contributed by atoms with E-state index in [1.165, 1.54) is 0 Å². The van der Waals surface area contributed by atoms with E-state index < -0.39 is 0 Å². The van der Waals surface area contributed by atoms with Gasteiger partial charge >= 0.3 is 0 Å². The van der Waals surface area contributed by atoms with Crippen LogP contribution in [0.4, 0.5) is 0 Å². The van der Waals surface area contributed by atoms with Crippen molar-refractivity contribution < 1.29 is 4.74 Å². The highest BCUT2D eigenvalue weighted by Gasteiger charge is 2.03. The van der Waals surface area contributed by atoms with Gasteiger partial charge in [-0.3, -0.25) is 0 Å². The second kappa shape index (κ2) is 7.35. The molecule has 3 rings (SSSR count). The van der Waals surface area contributed by atoms with E-state index in [0.29, 0.717) is 5.02 Å². The van der Waals surface area contributed by atoms with Gasteiger partial charge in [0.2, 0.25) is 0 Å². The van der Waals surface area contributed by atoms with Crippen molar-refractivity contribution in [3.8, 4) is 5.75 Å². The number of benzene rings is 2. The highest BCUT2D eigenvalue weighted by atomic mass is 35.5. The van der Waals surface area contributed by atoms with Gasteiger partial charge in [0.15, 0.2) is 5.56 Å². The molecule has 0 aliphatic carbocycles. The molecule has 3 aromatic rings. The van der Waals surface area contributed by atoms with E-state index in [1.807, 2.05) is 61.5 Å². The first kappa shape index (κ1) is 16.3. The molecular formula is C18H15Cl2NOS. The normalized spacial score (nSPS) is 12.8. The molecule has 0 aliphatic rings. The van der Waals surface area contributed by atoms with E-state index >= 15 is 0 Å². The van der Waals surface area contributed by atoms with Crippen LogP contribution >= 0.6 is 34.5 Å². The van der Waals surface area contributed by atoms with Crippen LogP contribution in [0.15, 0.2) is 42.5 Å². The van der Waals surface area contributed by atoms with E-state index in [0.717, 1.165) is 33.0 Å². The highest BCUT2D eigenvalue weighted by molar-refractivity contribution is 7.19. The molecule has 1 unspecified atom stereocenters. The standard InChI is InChI=1S/C18H15Cl2NOS/c1-2-17(20)22-14-7-3-12(4-8-14)5-10-18-21-15-11-13(19)6-9-16(15)23-18/h3-11,17H,2H2,1H3/b10-5+. The zero-order valence-electron chi connectivity index (χ0n) is 12.5. The monoisotopic (exact) mass is 363 g/mol. The first-order chi connectivity index (χ1) is 11.1. The van der Waals surface area contributed by atoms with E-state index in [9.17, 15) is 0 Å². The topological polar surface area (TPSA) is 22.1 Å². The van der Waals surface area contributed by atoms with Crippen LogP contribution in [0.2, 0.25) is 5.02 Å². The lowest BCUT2D eigenvalue weighted by molar-refractivity contribution is 0.277. The maximum absolute atomic E-state index is 5.99. The van der Waals surface area contributed by atoms with Crippen molar-refractivity contribution in [1.82, 2.24) is 4.98 Å². The minimum Gasteiger partial charge on any atom is -0.475 e.